The Hall–Kier alpha value is -1.60. The highest BCUT2D eigenvalue weighted by Crippen LogP contribution is 2.02. The van der Waals surface area contributed by atoms with Crippen molar-refractivity contribution in [3.8, 4) is 0 Å². The highest BCUT2D eigenvalue weighted by Gasteiger charge is 2.10. The summed E-state index contributed by atoms with van der Waals surface area (Å²) in [5.74, 6) is 0.622. The van der Waals surface area contributed by atoms with Crippen LogP contribution in [0.5, 0.6) is 0 Å². The van der Waals surface area contributed by atoms with Crippen molar-refractivity contribution in [3.63, 3.8) is 0 Å². The number of ether oxygens (including phenoxy) is 2. The lowest BCUT2D eigenvalue weighted by Crippen LogP contribution is -2.38. The maximum Gasteiger partial charge on any atom is 0.320 e. The van der Waals surface area contributed by atoms with Crippen LogP contribution in [0, 0.1) is 0 Å². The Morgan fingerprint density at radius 3 is 2.61 bits per heavy atom. The van der Waals surface area contributed by atoms with Crippen molar-refractivity contribution in [3.05, 3.63) is 12.3 Å². The van der Waals surface area contributed by atoms with Gasteiger partial charge in [-0.15, -0.1) is 0 Å². The fraction of sp³-hybridized carbons (Fsp3) is 0.636. The van der Waals surface area contributed by atoms with E-state index in [4.69, 9.17) is 9.47 Å². The van der Waals surface area contributed by atoms with E-state index in [1.807, 2.05) is 13.8 Å². The molecular formula is C11H20N4O3. The summed E-state index contributed by atoms with van der Waals surface area (Å²) >= 11 is 0. The number of nitrogens with one attached hydrogen (secondary N) is 2. The molecule has 1 rings (SSSR count). The van der Waals surface area contributed by atoms with E-state index >= 15 is 0 Å². The van der Waals surface area contributed by atoms with Crippen molar-refractivity contribution in [2.75, 3.05) is 25.1 Å². The van der Waals surface area contributed by atoms with Gasteiger partial charge in [0.1, 0.15) is 5.82 Å². The molecule has 0 fully saturated rings. The van der Waals surface area contributed by atoms with Crippen molar-refractivity contribution in [2.45, 2.75) is 20.1 Å². The summed E-state index contributed by atoms with van der Waals surface area (Å²) in [4.78, 5) is 11.6. The van der Waals surface area contributed by atoms with Gasteiger partial charge in [-0.3, -0.25) is 10.00 Å². The Morgan fingerprint density at radius 1 is 1.44 bits per heavy atom. The lowest BCUT2D eigenvalue weighted by Gasteiger charge is -2.17. The summed E-state index contributed by atoms with van der Waals surface area (Å²) in [6, 6.07) is 1.39. The number of anilines is 1. The molecule has 1 aromatic rings. The summed E-state index contributed by atoms with van der Waals surface area (Å²) in [6.45, 7) is 5.13. The van der Waals surface area contributed by atoms with Crippen LogP contribution in [0.3, 0.4) is 0 Å². The van der Waals surface area contributed by atoms with E-state index in [0.717, 1.165) is 0 Å². The number of rotatable bonds is 7. The highest BCUT2D eigenvalue weighted by molar-refractivity contribution is 5.88. The molecule has 0 aliphatic heterocycles. The van der Waals surface area contributed by atoms with Crippen LogP contribution >= 0.6 is 0 Å². The van der Waals surface area contributed by atoms with E-state index in [1.165, 1.54) is 0 Å². The monoisotopic (exact) mass is 256 g/mol. The van der Waals surface area contributed by atoms with Crippen LogP contribution in [-0.4, -0.2) is 41.9 Å². The van der Waals surface area contributed by atoms with E-state index in [-0.39, 0.29) is 6.03 Å². The molecule has 0 aliphatic carbocycles. The third kappa shape index (κ3) is 4.72. The van der Waals surface area contributed by atoms with Crippen LogP contribution in [0.2, 0.25) is 0 Å². The van der Waals surface area contributed by atoms with Crippen LogP contribution in [0.4, 0.5) is 10.6 Å². The van der Waals surface area contributed by atoms with Crippen LogP contribution in [0.25, 0.3) is 0 Å². The second kappa shape index (κ2) is 7.67. The molecule has 0 saturated heterocycles. The van der Waals surface area contributed by atoms with Gasteiger partial charge in [-0.25, -0.2) is 4.79 Å². The molecule has 1 aromatic heterocycles. The number of nitrogens with zero attached hydrogens (tertiary/aromatic N) is 2. The van der Waals surface area contributed by atoms with Crippen LogP contribution < -0.4 is 10.6 Å². The molecule has 2 N–H and O–H groups in total. The number of urea groups is 1. The van der Waals surface area contributed by atoms with Gasteiger partial charge in [0, 0.05) is 26.3 Å². The molecule has 7 nitrogen and oxygen atoms in total. The largest absolute Gasteiger partial charge is 0.351 e. The van der Waals surface area contributed by atoms with Crippen LogP contribution in [-0.2, 0) is 16.5 Å². The van der Waals surface area contributed by atoms with Crippen molar-refractivity contribution in [1.29, 1.82) is 0 Å². The Morgan fingerprint density at radius 2 is 2.11 bits per heavy atom. The molecular weight excluding hydrogens is 236 g/mol. The van der Waals surface area contributed by atoms with Gasteiger partial charge in [-0.2, -0.15) is 5.10 Å². The lowest BCUT2D eigenvalue weighted by atomic mass is 10.5. The second-order valence-electron chi connectivity index (χ2n) is 3.52. The molecule has 102 valence electrons. The first-order chi connectivity index (χ1) is 8.67. The van der Waals surface area contributed by atoms with Crippen LogP contribution in [0.15, 0.2) is 12.3 Å². The minimum absolute atomic E-state index is 0.297. The van der Waals surface area contributed by atoms with Crippen molar-refractivity contribution in [1.82, 2.24) is 15.1 Å². The van der Waals surface area contributed by atoms with E-state index in [9.17, 15) is 4.79 Å². The molecule has 0 spiro atoms. The topological polar surface area (TPSA) is 77.4 Å². The number of aromatic nitrogens is 2. The van der Waals surface area contributed by atoms with E-state index in [1.54, 1.807) is 24.0 Å². The van der Waals surface area contributed by atoms with Gasteiger partial charge < -0.3 is 14.8 Å². The molecule has 0 radical (unpaired) electrons. The number of carbonyl (C=O) groups excluding carboxylic acids is 1. The zero-order chi connectivity index (χ0) is 13.4. The fourth-order valence-corrected chi connectivity index (χ4v) is 1.37. The van der Waals surface area contributed by atoms with Crippen molar-refractivity contribution in [2.24, 2.45) is 7.05 Å². The lowest BCUT2D eigenvalue weighted by molar-refractivity contribution is -0.131. The average molecular weight is 256 g/mol. The normalized spacial score (nSPS) is 10.7. The Balaban J connectivity index is 2.33. The predicted octanol–water partition coefficient (Wildman–Crippen LogP) is 0.941. The number of hydrogen-bond acceptors (Lipinski definition) is 4. The Kier molecular flexibility index (Phi) is 6.16. The zero-order valence-corrected chi connectivity index (χ0v) is 11.0. The molecule has 0 unspecified atom stereocenters. The SMILES string of the molecule is CCOC(CNC(=O)Nc1ccnn1C)OCC. The summed E-state index contributed by atoms with van der Waals surface area (Å²) in [5.41, 5.74) is 0. The summed E-state index contributed by atoms with van der Waals surface area (Å²) in [6.07, 6.45) is 1.19. The van der Waals surface area contributed by atoms with E-state index in [2.05, 4.69) is 15.7 Å². The average Bonchev–Trinajstić information content (AvgIpc) is 2.73. The molecule has 0 aromatic carbocycles. The number of hydrogen-bond donors (Lipinski definition) is 2. The van der Waals surface area contributed by atoms with Gasteiger partial charge in [0.15, 0.2) is 6.29 Å². The van der Waals surface area contributed by atoms with Gasteiger partial charge in [0.2, 0.25) is 0 Å². The quantitative estimate of drug-likeness (QED) is 0.712. The van der Waals surface area contributed by atoms with Gasteiger partial charge in [-0.1, -0.05) is 0 Å². The minimum Gasteiger partial charge on any atom is -0.351 e. The zero-order valence-electron chi connectivity index (χ0n) is 11.0. The molecule has 0 bridgehead atoms. The number of amides is 2. The Labute approximate surface area is 106 Å². The first-order valence-corrected chi connectivity index (χ1v) is 5.93. The van der Waals surface area contributed by atoms with Gasteiger partial charge in [0.25, 0.3) is 0 Å². The smallest absolute Gasteiger partial charge is 0.320 e. The molecule has 7 heteroatoms. The second-order valence-corrected chi connectivity index (χ2v) is 3.52. The number of aryl methyl sites for hydroxylation is 1. The maximum atomic E-state index is 11.6. The fourth-order valence-electron chi connectivity index (χ4n) is 1.37. The van der Waals surface area contributed by atoms with Gasteiger partial charge in [0.05, 0.1) is 12.7 Å². The maximum absolute atomic E-state index is 11.6. The van der Waals surface area contributed by atoms with Gasteiger partial charge in [-0.05, 0) is 13.8 Å². The third-order valence-electron chi connectivity index (χ3n) is 2.20. The van der Waals surface area contributed by atoms with Crippen LogP contribution in [0.1, 0.15) is 13.8 Å². The summed E-state index contributed by atoms with van der Waals surface area (Å²) < 4.78 is 12.2. The molecule has 0 saturated carbocycles. The van der Waals surface area contributed by atoms with Crippen molar-refractivity contribution < 1.29 is 14.3 Å². The summed E-state index contributed by atoms with van der Waals surface area (Å²) in [5, 5.41) is 9.29. The molecule has 0 atom stereocenters. The molecule has 2 amide bonds. The highest BCUT2D eigenvalue weighted by atomic mass is 16.7. The molecule has 1 heterocycles. The first kappa shape index (κ1) is 14.5. The standard InChI is InChI=1S/C11H20N4O3/c1-4-17-10(18-5-2)8-12-11(16)14-9-6-7-13-15(9)3/h6-7,10H,4-5,8H2,1-3H3,(H2,12,14,16). The minimum atomic E-state index is -0.419. The first-order valence-electron chi connectivity index (χ1n) is 5.93. The predicted molar refractivity (Wildman–Crippen MR) is 67.3 cm³/mol. The molecule has 0 aliphatic rings. The molecule has 18 heavy (non-hydrogen) atoms. The van der Waals surface area contributed by atoms with E-state index in [0.29, 0.717) is 25.6 Å². The number of carbonyl (C=O) groups is 1. The van der Waals surface area contributed by atoms with E-state index < -0.39 is 6.29 Å². The Bertz CT molecular complexity index is 361. The van der Waals surface area contributed by atoms with Gasteiger partial charge >= 0.3 is 6.03 Å². The summed E-state index contributed by atoms with van der Waals surface area (Å²) in [7, 11) is 1.75. The van der Waals surface area contributed by atoms with Crippen molar-refractivity contribution >= 4 is 11.8 Å². The third-order valence-corrected chi connectivity index (χ3v) is 2.20.